The van der Waals surface area contributed by atoms with E-state index in [1.165, 1.54) is 5.69 Å². The van der Waals surface area contributed by atoms with E-state index in [1.807, 2.05) is 0 Å². The Labute approximate surface area is 123 Å². The molecule has 1 heterocycles. The molecule has 0 radical (unpaired) electrons. The normalized spacial score (nSPS) is 22.1. The zero-order valence-electron chi connectivity index (χ0n) is 13.9. The second kappa shape index (κ2) is 5.19. The van der Waals surface area contributed by atoms with E-state index in [-0.39, 0.29) is 16.9 Å². The molecule has 1 aromatic heterocycles. The molecule has 3 heteroatoms. The van der Waals surface area contributed by atoms with Crippen LogP contribution in [0.1, 0.15) is 51.5 Å². The molecule has 0 aromatic carbocycles. The minimum atomic E-state index is -0.299. The van der Waals surface area contributed by atoms with Crippen LogP contribution in [0.5, 0.6) is 0 Å². The predicted octanol–water partition coefficient (Wildman–Crippen LogP) is 3.08. The van der Waals surface area contributed by atoms with Gasteiger partial charge >= 0.3 is 0 Å². The van der Waals surface area contributed by atoms with E-state index in [1.54, 1.807) is 0 Å². The van der Waals surface area contributed by atoms with E-state index >= 15 is 0 Å². The van der Waals surface area contributed by atoms with Crippen LogP contribution in [0.4, 0.5) is 0 Å². The van der Waals surface area contributed by atoms with Gasteiger partial charge in [0.05, 0.1) is 6.10 Å². The fraction of sp³-hybridized carbons (Fsp3) is 0.765. The van der Waals surface area contributed by atoms with Gasteiger partial charge in [-0.15, -0.1) is 0 Å². The van der Waals surface area contributed by atoms with Crippen LogP contribution in [-0.4, -0.2) is 35.2 Å². The Balaban J connectivity index is 2.23. The first kappa shape index (κ1) is 15.6. The average molecular weight is 278 g/mol. The van der Waals surface area contributed by atoms with Gasteiger partial charge in [0.2, 0.25) is 0 Å². The standard InChI is InChI=1S/C17H30N2O/c1-16(2)9-14-13(15(20)10-16)7-8-19(14)12-17(3,4)11-18(5)6/h7-8,15,20H,9-12H2,1-6H3. The molecule has 0 spiro atoms. The summed E-state index contributed by atoms with van der Waals surface area (Å²) < 4.78 is 2.36. The second-order valence-corrected chi connectivity index (χ2v) is 8.31. The minimum absolute atomic E-state index is 0.189. The van der Waals surface area contributed by atoms with Gasteiger partial charge in [0.15, 0.2) is 0 Å². The molecule has 1 unspecified atom stereocenters. The van der Waals surface area contributed by atoms with Crippen LogP contribution in [0.25, 0.3) is 0 Å². The van der Waals surface area contributed by atoms with Crippen LogP contribution in [0.2, 0.25) is 0 Å². The molecular formula is C17H30N2O. The lowest BCUT2D eigenvalue weighted by atomic mass is 9.75. The molecule has 0 saturated heterocycles. The first-order valence-corrected chi connectivity index (χ1v) is 7.60. The molecule has 1 aromatic rings. The topological polar surface area (TPSA) is 28.4 Å². The number of nitrogens with zero attached hydrogens (tertiary/aromatic N) is 2. The Hall–Kier alpha value is -0.800. The molecule has 1 aliphatic rings. The van der Waals surface area contributed by atoms with Crippen molar-refractivity contribution in [2.45, 2.75) is 53.2 Å². The maximum Gasteiger partial charge on any atom is 0.0812 e. The summed E-state index contributed by atoms with van der Waals surface area (Å²) in [4.78, 5) is 2.24. The monoisotopic (exact) mass is 278 g/mol. The van der Waals surface area contributed by atoms with E-state index in [0.717, 1.165) is 31.5 Å². The Bertz CT molecular complexity index is 471. The predicted molar refractivity (Wildman–Crippen MR) is 83.8 cm³/mol. The Morgan fingerprint density at radius 3 is 2.65 bits per heavy atom. The number of hydrogen-bond donors (Lipinski definition) is 1. The molecular weight excluding hydrogens is 248 g/mol. The fourth-order valence-electron chi connectivity index (χ4n) is 3.70. The Morgan fingerprint density at radius 2 is 2.05 bits per heavy atom. The van der Waals surface area contributed by atoms with E-state index in [0.29, 0.717) is 0 Å². The van der Waals surface area contributed by atoms with Gasteiger partial charge in [-0.3, -0.25) is 0 Å². The van der Waals surface area contributed by atoms with E-state index < -0.39 is 0 Å². The van der Waals surface area contributed by atoms with Crippen molar-refractivity contribution >= 4 is 0 Å². The number of aliphatic hydroxyl groups is 1. The zero-order chi connectivity index (χ0) is 15.1. The average Bonchev–Trinajstić information content (AvgIpc) is 2.56. The van der Waals surface area contributed by atoms with E-state index in [4.69, 9.17) is 0 Å². The van der Waals surface area contributed by atoms with Crippen LogP contribution in [0.3, 0.4) is 0 Å². The van der Waals surface area contributed by atoms with Crippen LogP contribution in [0, 0.1) is 10.8 Å². The lowest BCUT2D eigenvalue weighted by molar-refractivity contribution is 0.0966. The first-order chi connectivity index (χ1) is 9.10. The summed E-state index contributed by atoms with van der Waals surface area (Å²) in [6.07, 6.45) is 3.79. The van der Waals surface area contributed by atoms with Gasteiger partial charge in [-0.05, 0) is 43.8 Å². The molecule has 0 saturated carbocycles. The van der Waals surface area contributed by atoms with Gasteiger partial charge in [-0.25, -0.2) is 0 Å². The van der Waals surface area contributed by atoms with Gasteiger partial charge in [0, 0.05) is 30.5 Å². The molecule has 1 aliphatic carbocycles. The number of hydrogen-bond acceptors (Lipinski definition) is 2. The summed E-state index contributed by atoms with van der Waals surface area (Å²) in [5, 5.41) is 10.3. The molecule has 0 aliphatic heterocycles. The Morgan fingerprint density at radius 1 is 1.40 bits per heavy atom. The maximum absolute atomic E-state index is 10.3. The van der Waals surface area contributed by atoms with Gasteiger partial charge in [0.25, 0.3) is 0 Å². The molecule has 3 nitrogen and oxygen atoms in total. The van der Waals surface area contributed by atoms with Crippen LogP contribution < -0.4 is 0 Å². The number of aromatic nitrogens is 1. The lowest BCUT2D eigenvalue weighted by Crippen LogP contribution is -2.34. The fourth-order valence-corrected chi connectivity index (χ4v) is 3.70. The van der Waals surface area contributed by atoms with Crippen molar-refractivity contribution in [2.24, 2.45) is 10.8 Å². The van der Waals surface area contributed by atoms with Crippen LogP contribution >= 0.6 is 0 Å². The Kier molecular flexibility index (Phi) is 4.05. The summed E-state index contributed by atoms with van der Waals surface area (Å²) in [5.74, 6) is 0. The van der Waals surface area contributed by atoms with Gasteiger partial charge in [-0.2, -0.15) is 0 Å². The highest BCUT2D eigenvalue weighted by molar-refractivity contribution is 5.29. The third kappa shape index (κ3) is 3.44. The van der Waals surface area contributed by atoms with Crippen molar-refractivity contribution in [3.63, 3.8) is 0 Å². The van der Waals surface area contributed by atoms with Crippen molar-refractivity contribution in [3.05, 3.63) is 23.5 Å². The molecule has 114 valence electrons. The summed E-state index contributed by atoms with van der Waals surface area (Å²) in [6.45, 7) is 11.2. The largest absolute Gasteiger partial charge is 0.388 e. The van der Waals surface area contributed by atoms with Crippen molar-refractivity contribution in [1.82, 2.24) is 9.47 Å². The lowest BCUT2D eigenvalue weighted by Gasteiger charge is -2.35. The first-order valence-electron chi connectivity index (χ1n) is 7.60. The van der Waals surface area contributed by atoms with Crippen molar-refractivity contribution < 1.29 is 5.11 Å². The van der Waals surface area contributed by atoms with Gasteiger partial charge in [0.1, 0.15) is 0 Å². The zero-order valence-corrected chi connectivity index (χ0v) is 13.9. The third-order valence-electron chi connectivity index (χ3n) is 4.21. The highest BCUT2D eigenvalue weighted by atomic mass is 16.3. The minimum Gasteiger partial charge on any atom is -0.388 e. The molecule has 0 bridgehead atoms. The summed E-state index contributed by atoms with van der Waals surface area (Å²) in [5.41, 5.74) is 2.89. The highest BCUT2D eigenvalue weighted by Crippen LogP contribution is 2.41. The smallest absolute Gasteiger partial charge is 0.0812 e. The molecule has 20 heavy (non-hydrogen) atoms. The number of rotatable bonds is 4. The summed E-state index contributed by atoms with van der Waals surface area (Å²) in [7, 11) is 4.25. The summed E-state index contributed by atoms with van der Waals surface area (Å²) in [6, 6.07) is 2.11. The molecule has 0 fully saturated rings. The maximum atomic E-state index is 10.3. The number of aliphatic hydroxyl groups excluding tert-OH is 1. The van der Waals surface area contributed by atoms with Gasteiger partial charge < -0.3 is 14.6 Å². The highest BCUT2D eigenvalue weighted by Gasteiger charge is 2.34. The van der Waals surface area contributed by atoms with Gasteiger partial charge in [-0.1, -0.05) is 27.7 Å². The van der Waals surface area contributed by atoms with Crippen LogP contribution in [0.15, 0.2) is 12.3 Å². The SMILES string of the molecule is CN(C)CC(C)(C)Cn1ccc2c1CC(C)(C)CC2O. The summed E-state index contributed by atoms with van der Waals surface area (Å²) >= 11 is 0. The van der Waals surface area contributed by atoms with Crippen LogP contribution in [-0.2, 0) is 13.0 Å². The van der Waals surface area contributed by atoms with E-state index in [2.05, 4.69) is 63.5 Å². The molecule has 1 N–H and O–H groups in total. The number of fused-ring (bicyclic) bond motifs is 1. The second-order valence-electron chi connectivity index (χ2n) is 8.31. The molecule has 0 amide bonds. The van der Waals surface area contributed by atoms with Crippen molar-refractivity contribution in [2.75, 3.05) is 20.6 Å². The third-order valence-corrected chi connectivity index (χ3v) is 4.21. The van der Waals surface area contributed by atoms with Crippen molar-refractivity contribution in [1.29, 1.82) is 0 Å². The molecule has 1 atom stereocenters. The quantitative estimate of drug-likeness (QED) is 0.917. The molecule has 2 rings (SSSR count). The van der Waals surface area contributed by atoms with Crippen molar-refractivity contribution in [3.8, 4) is 0 Å². The van der Waals surface area contributed by atoms with E-state index in [9.17, 15) is 5.11 Å².